The SMILES string of the molecule is O=c1[nH]c(=O)n([C@H]2C[C@@](O)(Cc3ccc(Cl)cc3)[C@@H](CO)O2)cc1F. The zero-order valence-corrected chi connectivity index (χ0v) is 13.7. The fourth-order valence-electron chi connectivity index (χ4n) is 2.99. The number of aliphatic hydroxyl groups excluding tert-OH is 1. The lowest BCUT2D eigenvalue weighted by Crippen LogP contribution is -2.42. The van der Waals surface area contributed by atoms with E-state index < -0.39 is 41.6 Å². The predicted octanol–water partition coefficient (Wildman–Crippen LogP) is 0.583. The van der Waals surface area contributed by atoms with E-state index in [1.807, 2.05) is 4.98 Å². The standard InChI is InChI=1S/C16H16ClFN2O5/c17-10-3-1-9(2-4-10)5-16(24)6-13(25-12(16)8-21)20-7-11(18)14(22)19-15(20)23/h1-4,7,12-13,21,24H,5-6,8H2,(H,19,22,23)/t12-,13-,16+/m1/s1. The van der Waals surface area contributed by atoms with Crippen molar-refractivity contribution in [2.45, 2.75) is 30.8 Å². The van der Waals surface area contributed by atoms with Crippen LogP contribution in [-0.4, -0.2) is 38.1 Å². The Labute approximate surface area is 146 Å². The summed E-state index contributed by atoms with van der Waals surface area (Å²) in [6, 6.07) is 6.80. The number of aliphatic hydroxyl groups is 2. The van der Waals surface area contributed by atoms with Gasteiger partial charge in [0, 0.05) is 17.9 Å². The van der Waals surface area contributed by atoms with Crippen molar-refractivity contribution in [2.75, 3.05) is 6.61 Å². The Morgan fingerprint density at radius 3 is 2.68 bits per heavy atom. The molecule has 3 atom stereocenters. The molecule has 0 saturated carbocycles. The summed E-state index contributed by atoms with van der Waals surface area (Å²) in [5.74, 6) is -1.14. The Bertz CT molecular complexity index is 881. The van der Waals surface area contributed by atoms with Gasteiger partial charge in [0.25, 0.3) is 5.56 Å². The minimum Gasteiger partial charge on any atom is -0.394 e. The maximum Gasteiger partial charge on any atom is 0.330 e. The molecule has 0 amide bonds. The third kappa shape index (κ3) is 3.52. The molecule has 1 aliphatic heterocycles. The average molecular weight is 371 g/mol. The number of benzene rings is 1. The van der Waals surface area contributed by atoms with Crippen LogP contribution < -0.4 is 11.2 Å². The van der Waals surface area contributed by atoms with E-state index in [9.17, 15) is 24.2 Å². The highest BCUT2D eigenvalue weighted by atomic mass is 35.5. The molecular weight excluding hydrogens is 355 g/mol. The van der Waals surface area contributed by atoms with Crippen molar-refractivity contribution in [1.29, 1.82) is 0 Å². The van der Waals surface area contributed by atoms with Gasteiger partial charge < -0.3 is 14.9 Å². The summed E-state index contributed by atoms with van der Waals surface area (Å²) in [5.41, 5.74) is -2.70. The molecular formula is C16H16ClFN2O5. The number of aromatic nitrogens is 2. The molecule has 9 heteroatoms. The van der Waals surface area contributed by atoms with Crippen molar-refractivity contribution >= 4 is 11.6 Å². The fourth-order valence-corrected chi connectivity index (χ4v) is 3.12. The van der Waals surface area contributed by atoms with Gasteiger partial charge in [-0.1, -0.05) is 23.7 Å². The van der Waals surface area contributed by atoms with Gasteiger partial charge in [-0.2, -0.15) is 4.39 Å². The van der Waals surface area contributed by atoms with Gasteiger partial charge in [-0.25, -0.2) is 4.79 Å². The van der Waals surface area contributed by atoms with Crippen LogP contribution in [0.1, 0.15) is 18.2 Å². The zero-order chi connectivity index (χ0) is 18.2. The van der Waals surface area contributed by atoms with E-state index in [2.05, 4.69) is 0 Å². The molecule has 1 aromatic heterocycles. The maximum atomic E-state index is 13.5. The zero-order valence-electron chi connectivity index (χ0n) is 13.0. The molecule has 134 valence electrons. The second kappa shape index (κ2) is 6.72. The molecule has 2 heterocycles. The molecule has 0 spiro atoms. The third-order valence-corrected chi connectivity index (χ3v) is 4.52. The first-order chi connectivity index (χ1) is 11.8. The molecule has 3 rings (SSSR count). The minimum atomic E-state index is -1.47. The Morgan fingerprint density at radius 1 is 1.36 bits per heavy atom. The van der Waals surface area contributed by atoms with E-state index in [4.69, 9.17) is 16.3 Å². The van der Waals surface area contributed by atoms with E-state index in [-0.39, 0.29) is 12.8 Å². The molecule has 1 aromatic carbocycles. The Morgan fingerprint density at radius 2 is 2.04 bits per heavy atom. The lowest BCUT2D eigenvalue weighted by Gasteiger charge is -2.27. The van der Waals surface area contributed by atoms with Crippen molar-refractivity contribution in [3.8, 4) is 0 Å². The Hall–Kier alpha value is -2.00. The second-order valence-corrected chi connectivity index (χ2v) is 6.45. The summed E-state index contributed by atoms with van der Waals surface area (Å²) >= 11 is 5.84. The van der Waals surface area contributed by atoms with Gasteiger partial charge in [-0.05, 0) is 17.7 Å². The van der Waals surface area contributed by atoms with Gasteiger partial charge in [-0.15, -0.1) is 0 Å². The van der Waals surface area contributed by atoms with Crippen LogP contribution in [-0.2, 0) is 11.2 Å². The van der Waals surface area contributed by atoms with E-state index >= 15 is 0 Å². The fraction of sp³-hybridized carbons (Fsp3) is 0.375. The van der Waals surface area contributed by atoms with Gasteiger partial charge in [-0.3, -0.25) is 14.3 Å². The highest BCUT2D eigenvalue weighted by Crippen LogP contribution is 2.38. The van der Waals surface area contributed by atoms with Crippen molar-refractivity contribution in [3.63, 3.8) is 0 Å². The van der Waals surface area contributed by atoms with Crippen LogP contribution in [0.4, 0.5) is 4.39 Å². The molecule has 0 radical (unpaired) electrons. The second-order valence-electron chi connectivity index (χ2n) is 6.02. The number of ether oxygens (including phenoxy) is 1. The van der Waals surface area contributed by atoms with Crippen molar-refractivity contribution in [3.05, 3.63) is 67.7 Å². The highest BCUT2D eigenvalue weighted by molar-refractivity contribution is 6.30. The molecule has 1 fully saturated rings. The number of rotatable bonds is 4. The van der Waals surface area contributed by atoms with Gasteiger partial charge in [0.05, 0.1) is 12.8 Å². The predicted molar refractivity (Wildman–Crippen MR) is 87.0 cm³/mol. The van der Waals surface area contributed by atoms with Gasteiger partial charge in [0.2, 0.25) is 5.82 Å². The average Bonchev–Trinajstić information content (AvgIpc) is 2.89. The molecule has 0 unspecified atom stereocenters. The summed E-state index contributed by atoms with van der Waals surface area (Å²) in [6.45, 7) is -0.485. The third-order valence-electron chi connectivity index (χ3n) is 4.27. The largest absolute Gasteiger partial charge is 0.394 e. The van der Waals surface area contributed by atoms with Crippen LogP contribution in [0, 0.1) is 5.82 Å². The quantitative estimate of drug-likeness (QED) is 0.730. The molecule has 1 saturated heterocycles. The summed E-state index contributed by atoms with van der Waals surface area (Å²) < 4.78 is 19.9. The smallest absolute Gasteiger partial charge is 0.330 e. The molecule has 3 N–H and O–H groups in total. The number of hydrogen-bond donors (Lipinski definition) is 3. The van der Waals surface area contributed by atoms with Gasteiger partial charge >= 0.3 is 5.69 Å². The number of aromatic amines is 1. The molecule has 0 bridgehead atoms. The van der Waals surface area contributed by atoms with E-state index in [0.717, 1.165) is 16.3 Å². The first-order valence-corrected chi connectivity index (χ1v) is 7.94. The first kappa shape index (κ1) is 17.8. The topological polar surface area (TPSA) is 105 Å². The van der Waals surface area contributed by atoms with Crippen LogP contribution >= 0.6 is 11.6 Å². The lowest BCUT2D eigenvalue weighted by atomic mass is 9.88. The molecule has 25 heavy (non-hydrogen) atoms. The summed E-state index contributed by atoms with van der Waals surface area (Å²) in [4.78, 5) is 24.9. The Kier molecular flexibility index (Phi) is 4.79. The van der Waals surface area contributed by atoms with Crippen LogP contribution in [0.2, 0.25) is 5.02 Å². The normalized spacial score (nSPS) is 26.1. The van der Waals surface area contributed by atoms with Gasteiger partial charge in [0.1, 0.15) is 17.9 Å². The number of H-pyrrole nitrogens is 1. The molecule has 1 aliphatic rings. The Balaban J connectivity index is 1.89. The van der Waals surface area contributed by atoms with E-state index in [1.165, 1.54) is 0 Å². The molecule has 2 aromatic rings. The first-order valence-electron chi connectivity index (χ1n) is 7.56. The monoisotopic (exact) mass is 370 g/mol. The number of halogens is 2. The van der Waals surface area contributed by atoms with Crippen molar-refractivity contribution in [1.82, 2.24) is 9.55 Å². The number of nitrogens with zero attached hydrogens (tertiary/aromatic N) is 1. The van der Waals surface area contributed by atoms with E-state index in [1.54, 1.807) is 24.3 Å². The lowest BCUT2D eigenvalue weighted by molar-refractivity contribution is -0.0823. The molecule has 0 aliphatic carbocycles. The van der Waals surface area contributed by atoms with Crippen LogP contribution in [0.3, 0.4) is 0 Å². The summed E-state index contributed by atoms with van der Waals surface area (Å²) in [5, 5.41) is 21.0. The van der Waals surface area contributed by atoms with Crippen LogP contribution in [0.15, 0.2) is 40.1 Å². The number of hydrogen-bond acceptors (Lipinski definition) is 5. The van der Waals surface area contributed by atoms with Crippen molar-refractivity contribution in [2.24, 2.45) is 0 Å². The van der Waals surface area contributed by atoms with Gasteiger partial charge in [0.15, 0.2) is 0 Å². The summed E-state index contributed by atoms with van der Waals surface area (Å²) in [6.07, 6.45) is -1.18. The highest BCUT2D eigenvalue weighted by Gasteiger charge is 2.48. The van der Waals surface area contributed by atoms with Crippen LogP contribution in [0.25, 0.3) is 0 Å². The minimum absolute atomic E-state index is 0.0633. The summed E-state index contributed by atoms with van der Waals surface area (Å²) in [7, 11) is 0. The van der Waals surface area contributed by atoms with Crippen LogP contribution in [0.5, 0.6) is 0 Å². The maximum absolute atomic E-state index is 13.5. The number of nitrogens with one attached hydrogen (secondary N) is 1. The van der Waals surface area contributed by atoms with E-state index in [0.29, 0.717) is 5.02 Å². The van der Waals surface area contributed by atoms with Crippen molar-refractivity contribution < 1.29 is 19.3 Å². The molecule has 7 nitrogen and oxygen atoms in total.